The van der Waals surface area contributed by atoms with Crippen molar-refractivity contribution in [2.24, 2.45) is 0 Å². The fourth-order valence-electron chi connectivity index (χ4n) is 1.52. The molecule has 0 fully saturated rings. The number of rotatable bonds is 5. The van der Waals surface area contributed by atoms with Gasteiger partial charge in [-0.1, -0.05) is 39.7 Å². The maximum atomic E-state index is 5.94. The summed E-state index contributed by atoms with van der Waals surface area (Å²) in [5, 5.41) is 4.18. The lowest BCUT2D eigenvalue weighted by Gasteiger charge is -2.06. The molecule has 0 saturated carbocycles. The molecule has 0 spiro atoms. The van der Waals surface area contributed by atoms with Crippen LogP contribution in [0.2, 0.25) is 5.02 Å². The van der Waals surface area contributed by atoms with Gasteiger partial charge in [-0.2, -0.15) is 0 Å². The smallest absolute Gasteiger partial charge is 0.0417 e. The van der Waals surface area contributed by atoms with Gasteiger partial charge in [0.2, 0.25) is 0 Å². The summed E-state index contributed by atoms with van der Waals surface area (Å²) >= 11 is 11.2. The molecule has 2 rings (SSSR count). The van der Waals surface area contributed by atoms with E-state index in [1.807, 2.05) is 30.3 Å². The van der Waals surface area contributed by atoms with Crippen LogP contribution in [0.3, 0.4) is 0 Å². The molecule has 0 unspecified atom stereocenters. The molecule has 0 radical (unpaired) electrons. The quantitative estimate of drug-likeness (QED) is 0.584. The molecule has 0 aliphatic heterocycles. The van der Waals surface area contributed by atoms with Gasteiger partial charge in [0.15, 0.2) is 0 Å². The monoisotopic (exact) mass is 341 g/mol. The number of hydrogen-bond donors (Lipinski definition) is 1. The Labute approximate surface area is 125 Å². The largest absolute Gasteiger partial charge is 0.384 e. The summed E-state index contributed by atoms with van der Waals surface area (Å²) < 4.78 is 1.09. The van der Waals surface area contributed by atoms with Crippen molar-refractivity contribution in [3.63, 3.8) is 0 Å². The van der Waals surface area contributed by atoms with Crippen molar-refractivity contribution in [3.8, 4) is 0 Å². The molecule has 0 aliphatic rings. The van der Waals surface area contributed by atoms with Gasteiger partial charge < -0.3 is 5.32 Å². The van der Waals surface area contributed by atoms with E-state index in [0.29, 0.717) is 0 Å². The van der Waals surface area contributed by atoms with Crippen molar-refractivity contribution >= 4 is 45.0 Å². The van der Waals surface area contributed by atoms with Gasteiger partial charge in [0.1, 0.15) is 0 Å². The zero-order chi connectivity index (χ0) is 12.8. The first-order valence-corrected chi connectivity index (χ1v) is 7.77. The van der Waals surface area contributed by atoms with Crippen molar-refractivity contribution < 1.29 is 0 Å². The van der Waals surface area contributed by atoms with E-state index in [1.54, 1.807) is 11.8 Å². The van der Waals surface area contributed by atoms with Crippen LogP contribution < -0.4 is 5.32 Å². The highest BCUT2D eigenvalue weighted by Crippen LogP contribution is 2.21. The van der Waals surface area contributed by atoms with Gasteiger partial charge in [-0.25, -0.2) is 0 Å². The number of anilines is 1. The van der Waals surface area contributed by atoms with Gasteiger partial charge in [0.25, 0.3) is 0 Å². The average Bonchev–Trinajstić information content (AvgIpc) is 2.35. The molecule has 0 saturated heterocycles. The van der Waals surface area contributed by atoms with Crippen molar-refractivity contribution in [1.29, 1.82) is 0 Å². The molecule has 2 aromatic rings. The molecule has 2 aromatic carbocycles. The molecule has 0 aromatic heterocycles. The van der Waals surface area contributed by atoms with E-state index in [0.717, 1.165) is 27.5 Å². The van der Waals surface area contributed by atoms with E-state index in [4.69, 9.17) is 11.6 Å². The molecule has 18 heavy (non-hydrogen) atoms. The summed E-state index contributed by atoms with van der Waals surface area (Å²) in [6.07, 6.45) is 0. The Balaban J connectivity index is 1.76. The zero-order valence-electron chi connectivity index (χ0n) is 9.70. The minimum Gasteiger partial charge on any atom is -0.384 e. The molecule has 0 amide bonds. The van der Waals surface area contributed by atoms with Crippen LogP contribution in [0, 0.1) is 0 Å². The number of thioether (sulfide) groups is 1. The Bertz CT molecular complexity index is 471. The predicted octanol–water partition coefficient (Wildman–Crippen LogP) is 5.31. The van der Waals surface area contributed by atoms with Crippen molar-refractivity contribution in [1.82, 2.24) is 0 Å². The summed E-state index contributed by atoms with van der Waals surface area (Å²) in [6.45, 7) is 0.924. The fourth-order valence-corrected chi connectivity index (χ4v) is 3.00. The SMILES string of the molecule is Clc1cccc(SCCNc2cccc(Br)c2)c1. The second kappa shape index (κ2) is 7.07. The Morgan fingerprint density at radius 2 is 1.94 bits per heavy atom. The number of halogens is 2. The highest BCUT2D eigenvalue weighted by Gasteiger charge is 1.96. The van der Waals surface area contributed by atoms with Crippen LogP contribution in [-0.4, -0.2) is 12.3 Å². The first-order chi connectivity index (χ1) is 8.74. The van der Waals surface area contributed by atoms with Gasteiger partial charge in [-0.15, -0.1) is 11.8 Å². The summed E-state index contributed by atoms with van der Waals surface area (Å²) in [4.78, 5) is 1.21. The van der Waals surface area contributed by atoms with E-state index in [9.17, 15) is 0 Å². The Kier molecular flexibility index (Phi) is 5.42. The third-order valence-corrected chi connectivity index (χ3v) is 4.04. The van der Waals surface area contributed by atoms with Crippen LogP contribution in [0.25, 0.3) is 0 Å². The molecular weight excluding hydrogens is 330 g/mol. The standard InChI is InChI=1S/C14H13BrClNS/c15-11-3-1-5-13(9-11)17-7-8-18-14-6-2-4-12(16)10-14/h1-6,9-10,17H,7-8H2. The van der Waals surface area contributed by atoms with Gasteiger partial charge in [0.05, 0.1) is 0 Å². The number of hydrogen-bond acceptors (Lipinski definition) is 2. The number of benzene rings is 2. The van der Waals surface area contributed by atoms with E-state index < -0.39 is 0 Å². The van der Waals surface area contributed by atoms with E-state index in [2.05, 4.69) is 39.4 Å². The minimum absolute atomic E-state index is 0.792. The van der Waals surface area contributed by atoms with Gasteiger partial charge in [0, 0.05) is 32.4 Å². The average molecular weight is 343 g/mol. The van der Waals surface area contributed by atoms with E-state index in [1.165, 1.54) is 4.90 Å². The maximum absolute atomic E-state index is 5.94. The number of nitrogens with one attached hydrogen (secondary N) is 1. The third kappa shape index (κ3) is 4.56. The predicted molar refractivity (Wildman–Crippen MR) is 84.8 cm³/mol. The van der Waals surface area contributed by atoms with Crippen molar-refractivity contribution in [2.45, 2.75) is 4.90 Å². The molecule has 0 aliphatic carbocycles. The van der Waals surface area contributed by atoms with E-state index >= 15 is 0 Å². The van der Waals surface area contributed by atoms with Gasteiger partial charge >= 0.3 is 0 Å². The van der Waals surface area contributed by atoms with Crippen LogP contribution >= 0.6 is 39.3 Å². The maximum Gasteiger partial charge on any atom is 0.0417 e. The zero-order valence-corrected chi connectivity index (χ0v) is 12.9. The fraction of sp³-hybridized carbons (Fsp3) is 0.143. The Morgan fingerprint density at radius 3 is 2.72 bits per heavy atom. The first kappa shape index (κ1) is 13.8. The normalized spacial score (nSPS) is 10.3. The summed E-state index contributed by atoms with van der Waals surface area (Å²) in [5.41, 5.74) is 1.14. The Morgan fingerprint density at radius 1 is 1.11 bits per heavy atom. The van der Waals surface area contributed by atoms with Crippen molar-refractivity contribution in [3.05, 3.63) is 58.0 Å². The summed E-state index contributed by atoms with van der Waals surface area (Å²) in [5.74, 6) is 1.01. The highest BCUT2D eigenvalue weighted by molar-refractivity contribution is 9.10. The van der Waals surface area contributed by atoms with E-state index in [-0.39, 0.29) is 0 Å². The first-order valence-electron chi connectivity index (χ1n) is 5.62. The van der Waals surface area contributed by atoms with Crippen LogP contribution in [0.5, 0.6) is 0 Å². The molecule has 1 nitrogen and oxygen atoms in total. The molecule has 4 heteroatoms. The van der Waals surface area contributed by atoms with Crippen LogP contribution in [-0.2, 0) is 0 Å². The lowest BCUT2D eigenvalue weighted by molar-refractivity contribution is 1.22. The third-order valence-electron chi connectivity index (χ3n) is 2.32. The van der Waals surface area contributed by atoms with Crippen LogP contribution in [0.1, 0.15) is 0 Å². The minimum atomic E-state index is 0.792. The molecule has 0 heterocycles. The topological polar surface area (TPSA) is 12.0 Å². The van der Waals surface area contributed by atoms with Crippen LogP contribution in [0.4, 0.5) is 5.69 Å². The molecule has 0 atom stereocenters. The van der Waals surface area contributed by atoms with Gasteiger partial charge in [-0.3, -0.25) is 0 Å². The lowest BCUT2D eigenvalue weighted by Crippen LogP contribution is -2.03. The van der Waals surface area contributed by atoms with Crippen LogP contribution in [0.15, 0.2) is 57.9 Å². The molecule has 94 valence electrons. The van der Waals surface area contributed by atoms with Gasteiger partial charge in [-0.05, 0) is 36.4 Å². The Hall–Kier alpha value is -0.640. The summed E-state index contributed by atoms with van der Waals surface area (Å²) in [6, 6.07) is 16.1. The summed E-state index contributed by atoms with van der Waals surface area (Å²) in [7, 11) is 0. The van der Waals surface area contributed by atoms with Crippen molar-refractivity contribution in [2.75, 3.05) is 17.6 Å². The molecular formula is C14H13BrClNS. The highest BCUT2D eigenvalue weighted by atomic mass is 79.9. The molecule has 0 bridgehead atoms. The second-order valence-corrected chi connectivity index (χ2v) is 6.26. The lowest BCUT2D eigenvalue weighted by atomic mass is 10.3. The molecule has 1 N–H and O–H groups in total. The second-order valence-electron chi connectivity index (χ2n) is 3.74.